The Balaban J connectivity index is 0.000000236. The first kappa shape index (κ1) is 21.7. The van der Waals surface area contributed by atoms with Crippen molar-refractivity contribution in [1.29, 1.82) is 0 Å². The quantitative estimate of drug-likeness (QED) is 0.481. The number of hydrogen-bond donors (Lipinski definition) is 2. The van der Waals surface area contributed by atoms with E-state index in [1.165, 1.54) is 25.6 Å². The maximum atomic E-state index is 11.3. The lowest BCUT2D eigenvalue weighted by Crippen LogP contribution is -2.51. The molecule has 2 aliphatic rings. The molecule has 32 heavy (non-hydrogen) atoms. The number of amides is 1. The minimum Gasteiger partial charge on any atom is -0.368 e. The molecule has 0 unspecified atom stereocenters. The summed E-state index contributed by atoms with van der Waals surface area (Å²) in [5.74, 6) is 0.640. The van der Waals surface area contributed by atoms with Crippen molar-refractivity contribution in [2.24, 2.45) is 0 Å². The summed E-state index contributed by atoms with van der Waals surface area (Å²) in [5, 5.41) is 5.00. The number of nitrogens with two attached hydrogens (primary N) is 1. The Morgan fingerprint density at radius 1 is 1.22 bits per heavy atom. The van der Waals surface area contributed by atoms with Gasteiger partial charge in [-0.1, -0.05) is 13.8 Å². The van der Waals surface area contributed by atoms with Gasteiger partial charge in [0.25, 0.3) is 0 Å². The van der Waals surface area contributed by atoms with Crippen LogP contribution in [0.2, 0.25) is 0 Å². The van der Waals surface area contributed by atoms with E-state index < -0.39 is 0 Å². The zero-order valence-electron chi connectivity index (χ0n) is 18.9. The van der Waals surface area contributed by atoms with Crippen molar-refractivity contribution in [3.8, 4) is 11.1 Å². The van der Waals surface area contributed by atoms with Gasteiger partial charge in [0.15, 0.2) is 5.65 Å². The molecule has 1 aliphatic heterocycles. The van der Waals surface area contributed by atoms with E-state index in [-0.39, 0.29) is 14.3 Å². The lowest BCUT2D eigenvalue weighted by Gasteiger charge is -2.46. The van der Waals surface area contributed by atoms with Crippen LogP contribution in [0.3, 0.4) is 0 Å². The minimum atomic E-state index is 0. The van der Waals surface area contributed by atoms with Crippen molar-refractivity contribution in [3.63, 3.8) is 0 Å². The first-order valence-corrected chi connectivity index (χ1v) is 11.2. The highest BCUT2D eigenvalue weighted by atomic mass is 16.2. The lowest BCUT2D eigenvalue weighted by atomic mass is 9.77. The second-order valence-corrected chi connectivity index (χ2v) is 8.17. The Morgan fingerprint density at radius 2 is 2.03 bits per heavy atom. The summed E-state index contributed by atoms with van der Waals surface area (Å²) in [6, 6.07) is 3.94. The average Bonchev–Trinajstić information content (AvgIpc) is 3.52. The van der Waals surface area contributed by atoms with Crippen LogP contribution in [0.15, 0.2) is 37.1 Å². The number of carbonyl (C=O) groups is 1. The summed E-state index contributed by atoms with van der Waals surface area (Å²) in [4.78, 5) is 28.9. The van der Waals surface area contributed by atoms with Crippen LogP contribution in [0.25, 0.3) is 27.8 Å². The van der Waals surface area contributed by atoms with Gasteiger partial charge < -0.3 is 15.6 Å². The van der Waals surface area contributed by atoms with Gasteiger partial charge in [0.05, 0.1) is 0 Å². The summed E-state index contributed by atoms with van der Waals surface area (Å²) in [6.45, 7) is 7.23. The molecular weight excluding hydrogens is 404 g/mol. The van der Waals surface area contributed by atoms with Crippen molar-refractivity contribution < 1.29 is 7.65 Å². The van der Waals surface area contributed by atoms with E-state index in [1.807, 2.05) is 38.4 Å². The van der Waals surface area contributed by atoms with Gasteiger partial charge in [-0.25, -0.2) is 14.5 Å². The summed E-state index contributed by atoms with van der Waals surface area (Å²) in [6.07, 6.45) is 12.6. The predicted octanol–water partition coefficient (Wildman–Crippen LogP) is 4.32. The Kier molecular flexibility index (Phi) is 6.07. The molecule has 9 nitrogen and oxygen atoms in total. The van der Waals surface area contributed by atoms with E-state index in [2.05, 4.69) is 36.9 Å². The number of nitrogens with one attached hydrogen (secondary N) is 1. The second-order valence-electron chi connectivity index (χ2n) is 8.17. The third kappa shape index (κ3) is 4.02. The van der Waals surface area contributed by atoms with Crippen LogP contribution in [0.4, 0.5) is 5.95 Å². The number of nitrogens with zero attached hydrogens (tertiary/aromatic N) is 6. The Hall–Kier alpha value is -3.49. The van der Waals surface area contributed by atoms with Gasteiger partial charge in [-0.3, -0.25) is 4.79 Å². The van der Waals surface area contributed by atoms with Gasteiger partial charge in [-0.15, -0.1) is 0 Å². The molecule has 1 aliphatic carbocycles. The maximum absolute atomic E-state index is 11.3. The fourth-order valence-electron chi connectivity index (χ4n) is 4.32. The fraction of sp³-hybridized carbons (Fsp3) is 0.435. The summed E-state index contributed by atoms with van der Waals surface area (Å²) >= 11 is 0. The number of rotatable bonds is 2. The van der Waals surface area contributed by atoms with Gasteiger partial charge in [-0.05, 0) is 50.3 Å². The van der Waals surface area contributed by atoms with Crippen LogP contribution in [-0.2, 0) is 4.79 Å². The number of H-pyrrole nitrogens is 1. The van der Waals surface area contributed by atoms with Crippen LogP contribution >= 0.6 is 0 Å². The van der Waals surface area contributed by atoms with Gasteiger partial charge in [0.1, 0.15) is 12.0 Å². The number of pyridine rings is 1. The Morgan fingerprint density at radius 3 is 2.72 bits per heavy atom. The number of aromatic amines is 1. The molecule has 0 radical (unpaired) electrons. The summed E-state index contributed by atoms with van der Waals surface area (Å²) < 4.78 is 1.72. The van der Waals surface area contributed by atoms with Crippen LogP contribution < -0.4 is 5.73 Å². The molecule has 172 valence electrons. The standard InChI is InChI=1S/C12H9N7.C9H15NO.C2H6.2H2/c13-12-15-5-9-8(4-14-11(9)18-12)7-1-2-19-10(3-7)16-6-17-19;1-9(5-3-6-9)10-7-2-4-8(10)11;1-2;;/h1-6H,(H3,13,14,15,18);2-7H2,1H3;1-2H3;2*1H. The average molecular weight is 439 g/mol. The highest BCUT2D eigenvalue weighted by molar-refractivity contribution is 5.93. The molecule has 1 amide bonds. The van der Waals surface area contributed by atoms with Crippen molar-refractivity contribution in [1.82, 2.24) is 34.4 Å². The summed E-state index contributed by atoms with van der Waals surface area (Å²) in [7, 11) is 0. The van der Waals surface area contributed by atoms with E-state index in [1.54, 1.807) is 10.7 Å². The highest BCUT2D eigenvalue weighted by Crippen LogP contribution is 2.39. The molecule has 0 atom stereocenters. The van der Waals surface area contributed by atoms with Gasteiger partial charge in [-0.2, -0.15) is 10.1 Å². The smallest absolute Gasteiger partial charge is 0.223 e. The third-order valence-corrected chi connectivity index (χ3v) is 6.20. The van der Waals surface area contributed by atoms with Gasteiger partial charge in [0.2, 0.25) is 11.9 Å². The molecule has 1 saturated heterocycles. The molecule has 4 aromatic heterocycles. The van der Waals surface area contributed by atoms with E-state index >= 15 is 0 Å². The van der Waals surface area contributed by atoms with E-state index in [4.69, 9.17) is 5.73 Å². The molecule has 0 aromatic carbocycles. The molecule has 0 spiro atoms. The second kappa shape index (κ2) is 8.94. The first-order chi connectivity index (χ1) is 15.5. The molecule has 2 fully saturated rings. The zero-order valence-corrected chi connectivity index (χ0v) is 18.9. The minimum absolute atomic E-state index is 0. The molecule has 6 rings (SSSR count). The SMILES string of the molecule is CC.CC1(N2CCCC2=O)CCC1.Nc1ncc2c(-c3ccn4ncnc4c3)c[nH]c2n1.[HH].[HH]. The van der Waals surface area contributed by atoms with E-state index in [0.29, 0.717) is 5.91 Å². The Bertz CT molecular complexity index is 1230. The van der Waals surface area contributed by atoms with Crippen molar-refractivity contribution in [3.05, 3.63) is 37.1 Å². The number of likely N-dealkylation sites (tertiary alicyclic amines) is 1. The van der Waals surface area contributed by atoms with Crippen LogP contribution in [0.1, 0.15) is 55.7 Å². The highest BCUT2D eigenvalue weighted by Gasteiger charge is 2.41. The first-order valence-electron chi connectivity index (χ1n) is 11.2. The Labute approximate surface area is 190 Å². The monoisotopic (exact) mass is 438 g/mol. The number of hydrogen-bond acceptors (Lipinski definition) is 6. The topological polar surface area (TPSA) is 118 Å². The normalized spacial score (nSPS) is 16.8. The molecule has 1 saturated carbocycles. The van der Waals surface area contributed by atoms with Crippen molar-refractivity contribution in [2.75, 3.05) is 12.3 Å². The molecule has 0 bridgehead atoms. The molecule has 3 N–H and O–H groups in total. The lowest BCUT2D eigenvalue weighted by molar-refractivity contribution is -0.135. The number of carbonyl (C=O) groups excluding carboxylic acids is 1. The maximum Gasteiger partial charge on any atom is 0.223 e. The predicted molar refractivity (Wildman–Crippen MR) is 129 cm³/mol. The third-order valence-electron chi connectivity index (χ3n) is 6.20. The molecule has 5 heterocycles. The van der Waals surface area contributed by atoms with Crippen LogP contribution in [0, 0.1) is 0 Å². The van der Waals surface area contributed by atoms with E-state index in [0.717, 1.165) is 47.2 Å². The number of nitrogen functional groups attached to an aromatic ring is 1. The number of aromatic nitrogens is 6. The number of anilines is 1. The summed E-state index contributed by atoms with van der Waals surface area (Å²) in [5.41, 5.74) is 9.39. The van der Waals surface area contributed by atoms with Gasteiger partial charge >= 0.3 is 0 Å². The fourth-order valence-corrected chi connectivity index (χ4v) is 4.32. The zero-order chi connectivity index (χ0) is 22.7. The molecule has 4 aromatic rings. The molecular formula is C23H34N8O. The van der Waals surface area contributed by atoms with Crippen LogP contribution in [-0.4, -0.2) is 52.4 Å². The van der Waals surface area contributed by atoms with Crippen molar-refractivity contribution in [2.45, 2.75) is 58.4 Å². The number of fused-ring (bicyclic) bond motifs is 2. The van der Waals surface area contributed by atoms with Gasteiger partial charge in [0, 0.05) is 50.9 Å². The van der Waals surface area contributed by atoms with Crippen LogP contribution in [0.5, 0.6) is 0 Å². The van der Waals surface area contributed by atoms with E-state index in [9.17, 15) is 4.79 Å². The van der Waals surface area contributed by atoms with Crippen molar-refractivity contribution >= 4 is 28.5 Å². The molecule has 9 heteroatoms. The largest absolute Gasteiger partial charge is 0.368 e.